The topological polar surface area (TPSA) is 78.9 Å². The van der Waals surface area contributed by atoms with Crippen LogP contribution in [0.25, 0.3) is 0 Å². The quantitative estimate of drug-likeness (QED) is 0.0200. The van der Waals surface area contributed by atoms with Crippen molar-refractivity contribution in [1.82, 2.24) is 0 Å². The molecule has 0 heterocycles. The van der Waals surface area contributed by atoms with Crippen molar-refractivity contribution < 1.29 is 28.6 Å². The molecule has 6 heteroatoms. The molecule has 0 aromatic carbocycles. The third-order valence-electron chi connectivity index (χ3n) is 10.1. The van der Waals surface area contributed by atoms with Gasteiger partial charge in [0, 0.05) is 19.3 Å². The van der Waals surface area contributed by atoms with E-state index in [-0.39, 0.29) is 44.0 Å². The average Bonchev–Trinajstić information content (AvgIpc) is 3.27. The van der Waals surface area contributed by atoms with Gasteiger partial charge in [0.2, 0.25) is 0 Å². The molecule has 0 aliphatic rings. The normalized spacial score (nSPS) is 13.0. The lowest BCUT2D eigenvalue weighted by atomic mass is 10.1. The van der Waals surface area contributed by atoms with Crippen molar-refractivity contribution in [2.24, 2.45) is 0 Å². The number of esters is 3. The number of allylic oxidation sites excluding steroid dienone is 18. The fourth-order valence-corrected chi connectivity index (χ4v) is 6.35. The molecule has 0 saturated carbocycles. The summed E-state index contributed by atoms with van der Waals surface area (Å²) in [5, 5.41) is 0. The Bertz CT molecular complexity index is 1310. The molecule has 0 aliphatic heterocycles. The van der Waals surface area contributed by atoms with Crippen molar-refractivity contribution in [1.29, 1.82) is 0 Å². The highest BCUT2D eigenvalue weighted by molar-refractivity contribution is 5.71. The van der Waals surface area contributed by atoms with Gasteiger partial charge in [0.1, 0.15) is 13.2 Å². The van der Waals surface area contributed by atoms with Crippen LogP contribution < -0.4 is 0 Å². The molecular weight excluding hydrogens is 769 g/mol. The van der Waals surface area contributed by atoms with E-state index < -0.39 is 6.10 Å². The molecule has 1 atom stereocenters. The largest absolute Gasteiger partial charge is 0.462 e. The Morgan fingerprint density at radius 3 is 1.26 bits per heavy atom. The van der Waals surface area contributed by atoms with Crippen LogP contribution in [0.3, 0.4) is 0 Å². The summed E-state index contributed by atoms with van der Waals surface area (Å²) in [5.41, 5.74) is 0. The maximum Gasteiger partial charge on any atom is 0.306 e. The molecule has 0 rings (SSSR count). The lowest BCUT2D eigenvalue weighted by Crippen LogP contribution is -2.30. The molecule has 0 spiro atoms. The first-order valence-corrected chi connectivity index (χ1v) is 24.9. The minimum absolute atomic E-state index is 0.115. The van der Waals surface area contributed by atoms with Gasteiger partial charge in [-0.25, -0.2) is 0 Å². The van der Waals surface area contributed by atoms with Crippen molar-refractivity contribution in [3.8, 4) is 0 Å². The minimum atomic E-state index is -0.818. The van der Waals surface area contributed by atoms with E-state index in [0.717, 1.165) is 116 Å². The van der Waals surface area contributed by atoms with E-state index in [4.69, 9.17) is 14.2 Å². The average molecular weight is 859 g/mol. The fourth-order valence-electron chi connectivity index (χ4n) is 6.35. The molecule has 350 valence electrons. The van der Waals surface area contributed by atoms with Gasteiger partial charge in [0.25, 0.3) is 0 Å². The second kappa shape index (κ2) is 49.7. The van der Waals surface area contributed by atoms with Crippen LogP contribution in [0.1, 0.15) is 207 Å². The van der Waals surface area contributed by atoms with Gasteiger partial charge in [-0.05, 0) is 103 Å². The monoisotopic (exact) mass is 859 g/mol. The first-order valence-electron chi connectivity index (χ1n) is 24.9. The summed E-state index contributed by atoms with van der Waals surface area (Å²) in [7, 11) is 0. The van der Waals surface area contributed by atoms with Crippen molar-refractivity contribution in [2.45, 2.75) is 213 Å². The Balaban J connectivity index is 4.54. The van der Waals surface area contributed by atoms with Crippen molar-refractivity contribution in [3.63, 3.8) is 0 Å². The summed E-state index contributed by atoms with van der Waals surface area (Å²) in [6.07, 6.45) is 66.5. The van der Waals surface area contributed by atoms with E-state index in [2.05, 4.69) is 124 Å². The summed E-state index contributed by atoms with van der Waals surface area (Å²) in [4.78, 5) is 37.9. The third-order valence-corrected chi connectivity index (χ3v) is 10.1. The highest BCUT2D eigenvalue weighted by Crippen LogP contribution is 2.12. The molecule has 0 aliphatic carbocycles. The second-order valence-corrected chi connectivity index (χ2v) is 16.0. The molecule has 0 bridgehead atoms. The van der Waals surface area contributed by atoms with Crippen LogP contribution in [0, 0.1) is 0 Å². The first-order chi connectivity index (χ1) is 30.5. The summed E-state index contributed by atoms with van der Waals surface area (Å²) in [6, 6.07) is 0. The first kappa shape index (κ1) is 58.1. The highest BCUT2D eigenvalue weighted by atomic mass is 16.6. The van der Waals surface area contributed by atoms with Gasteiger partial charge in [0.15, 0.2) is 6.10 Å². The molecular formula is C56H90O6. The molecule has 0 saturated heterocycles. The molecule has 0 amide bonds. The number of unbranched alkanes of at least 4 members (excludes halogenated alkanes) is 16. The van der Waals surface area contributed by atoms with E-state index in [1.807, 2.05) is 6.08 Å². The Labute approximate surface area is 380 Å². The van der Waals surface area contributed by atoms with Crippen molar-refractivity contribution in [3.05, 3.63) is 109 Å². The number of hydrogen-bond acceptors (Lipinski definition) is 6. The predicted molar refractivity (Wildman–Crippen MR) is 265 cm³/mol. The second-order valence-electron chi connectivity index (χ2n) is 16.0. The predicted octanol–water partition coefficient (Wildman–Crippen LogP) is 16.4. The zero-order valence-corrected chi connectivity index (χ0v) is 39.8. The third kappa shape index (κ3) is 47.1. The standard InChI is InChI=1S/C56H90O6/c1-4-7-10-13-16-19-22-25-27-28-29-32-34-37-40-43-46-49-55(58)61-52-53(51-60-54(57)48-45-42-39-36-33-30-24-21-18-15-12-9-6-3)62-56(59)50-47-44-41-38-35-31-26-23-20-17-14-11-8-5-2/h7,9-10,12,15-16,18-19,21,24-25,27,29,31-32,35,37,40,53H,4-6,8,11,13-14,17,20,22-23,26,28,30,33-34,36,38-39,41-52H2,1-3H3/b10-7+,12-9+,18-15+,19-16+,24-21+,27-25+,32-29+,35-31+,40-37+. The number of hydrogen-bond donors (Lipinski definition) is 0. The van der Waals surface area contributed by atoms with Crippen LogP contribution in [0.2, 0.25) is 0 Å². The SMILES string of the molecule is CC/C=C/C=C/C=C/CCCCCCCC(=O)OCC(COC(=O)CCC/C=C/C/C=C/C/C=C/C/C=C/C/C=C/CC)OC(=O)CCCCC/C=C/CCCCCCCCC. The maximum absolute atomic E-state index is 12.8. The van der Waals surface area contributed by atoms with E-state index in [0.29, 0.717) is 12.8 Å². The van der Waals surface area contributed by atoms with Crippen LogP contribution >= 0.6 is 0 Å². The molecule has 0 aromatic heterocycles. The smallest absolute Gasteiger partial charge is 0.306 e. The minimum Gasteiger partial charge on any atom is -0.462 e. The Kier molecular flexibility index (Phi) is 46.6. The summed E-state index contributed by atoms with van der Waals surface area (Å²) < 4.78 is 16.7. The van der Waals surface area contributed by atoms with Gasteiger partial charge >= 0.3 is 17.9 Å². The van der Waals surface area contributed by atoms with E-state index in [9.17, 15) is 14.4 Å². The molecule has 0 N–H and O–H groups in total. The Morgan fingerprint density at radius 2 is 0.726 bits per heavy atom. The molecule has 0 radical (unpaired) electrons. The van der Waals surface area contributed by atoms with Crippen LogP contribution in [0.4, 0.5) is 0 Å². The van der Waals surface area contributed by atoms with Crippen LogP contribution in [0.15, 0.2) is 109 Å². The van der Waals surface area contributed by atoms with Crippen molar-refractivity contribution >= 4 is 17.9 Å². The van der Waals surface area contributed by atoms with E-state index in [1.165, 1.54) is 44.9 Å². The summed E-state index contributed by atoms with van der Waals surface area (Å²) in [6.45, 7) is 6.29. The van der Waals surface area contributed by atoms with Gasteiger partial charge in [-0.15, -0.1) is 0 Å². The van der Waals surface area contributed by atoms with Crippen LogP contribution in [-0.4, -0.2) is 37.2 Å². The zero-order chi connectivity index (χ0) is 45.1. The lowest BCUT2D eigenvalue weighted by Gasteiger charge is -2.18. The number of carbonyl (C=O) groups excluding carboxylic acids is 3. The molecule has 0 aromatic rings. The van der Waals surface area contributed by atoms with Crippen molar-refractivity contribution in [2.75, 3.05) is 13.2 Å². The maximum atomic E-state index is 12.8. The molecule has 0 fully saturated rings. The molecule has 62 heavy (non-hydrogen) atoms. The van der Waals surface area contributed by atoms with E-state index >= 15 is 0 Å². The van der Waals surface area contributed by atoms with E-state index in [1.54, 1.807) is 0 Å². The Hall–Kier alpha value is -3.93. The summed E-state index contributed by atoms with van der Waals surface area (Å²) >= 11 is 0. The molecule has 1 unspecified atom stereocenters. The summed E-state index contributed by atoms with van der Waals surface area (Å²) in [5.74, 6) is -1.02. The van der Waals surface area contributed by atoms with Gasteiger partial charge in [-0.3, -0.25) is 14.4 Å². The lowest BCUT2D eigenvalue weighted by molar-refractivity contribution is -0.167. The van der Waals surface area contributed by atoms with Gasteiger partial charge in [-0.1, -0.05) is 194 Å². The molecule has 6 nitrogen and oxygen atoms in total. The van der Waals surface area contributed by atoms with Gasteiger partial charge < -0.3 is 14.2 Å². The highest BCUT2D eigenvalue weighted by Gasteiger charge is 2.19. The Morgan fingerprint density at radius 1 is 0.355 bits per heavy atom. The van der Waals surface area contributed by atoms with Crippen LogP contribution in [-0.2, 0) is 28.6 Å². The fraction of sp³-hybridized carbons (Fsp3) is 0.625. The number of rotatable bonds is 43. The van der Waals surface area contributed by atoms with Gasteiger partial charge in [0.05, 0.1) is 0 Å². The van der Waals surface area contributed by atoms with Crippen LogP contribution in [0.5, 0.6) is 0 Å². The number of carbonyl (C=O) groups is 3. The zero-order valence-electron chi connectivity index (χ0n) is 39.8. The number of ether oxygens (including phenoxy) is 3. The van der Waals surface area contributed by atoms with Gasteiger partial charge in [-0.2, -0.15) is 0 Å².